The van der Waals surface area contributed by atoms with Crippen LogP contribution in [0.1, 0.15) is 26.2 Å². The van der Waals surface area contributed by atoms with E-state index in [0.29, 0.717) is 22.2 Å². The fourth-order valence-corrected chi connectivity index (χ4v) is 2.80. The van der Waals surface area contributed by atoms with Gasteiger partial charge in [-0.05, 0) is 6.42 Å². The molecule has 0 aliphatic carbocycles. The lowest BCUT2D eigenvalue weighted by Crippen LogP contribution is -2.10. The van der Waals surface area contributed by atoms with Gasteiger partial charge >= 0.3 is 6.09 Å². The van der Waals surface area contributed by atoms with E-state index in [9.17, 15) is 9.59 Å². The summed E-state index contributed by atoms with van der Waals surface area (Å²) in [6, 6.07) is 9.50. The third kappa shape index (κ3) is 4.79. The van der Waals surface area contributed by atoms with Gasteiger partial charge < -0.3 is 10.1 Å². The number of ether oxygens (including phenoxy) is 1. The summed E-state index contributed by atoms with van der Waals surface area (Å²) < 4.78 is 4.57. The minimum Gasteiger partial charge on any atom is -0.453 e. The maximum Gasteiger partial charge on any atom is 0.413 e. The number of aromatic nitrogens is 1. The van der Waals surface area contributed by atoms with Crippen molar-refractivity contribution in [2.24, 2.45) is 0 Å². The van der Waals surface area contributed by atoms with Crippen LogP contribution in [0.3, 0.4) is 0 Å². The molecule has 2 rings (SSSR count). The van der Waals surface area contributed by atoms with Crippen molar-refractivity contribution in [3.63, 3.8) is 0 Å². The van der Waals surface area contributed by atoms with Gasteiger partial charge in [0.1, 0.15) is 10.7 Å². The van der Waals surface area contributed by atoms with E-state index in [2.05, 4.69) is 20.4 Å². The number of thiazole rings is 1. The highest BCUT2D eigenvalue weighted by Gasteiger charge is 2.16. The maximum atomic E-state index is 12.0. The molecule has 0 bridgehead atoms. The molecule has 2 amide bonds. The summed E-state index contributed by atoms with van der Waals surface area (Å²) in [6.45, 7) is 2.04. The Bertz CT molecular complexity index is 670. The van der Waals surface area contributed by atoms with E-state index in [1.165, 1.54) is 18.4 Å². The van der Waals surface area contributed by atoms with Crippen molar-refractivity contribution in [3.05, 3.63) is 30.3 Å². The zero-order valence-corrected chi connectivity index (χ0v) is 13.9. The molecule has 0 aliphatic heterocycles. The van der Waals surface area contributed by atoms with Crippen molar-refractivity contribution in [1.29, 1.82) is 0 Å². The van der Waals surface area contributed by atoms with Gasteiger partial charge in [-0.2, -0.15) is 0 Å². The zero-order chi connectivity index (χ0) is 16.7. The van der Waals surface area contributed by atoms with Crippen molar-refractivity contribution >= 4 is 33.5 Å². The van der Waals surface area contributed by atoms with Gasteiger partial charge in [0.2, 0.25) is 5.91 Å². The molecule has 0 atom stereocenters. The van der Waals surface area contributed by atoms with E-state index in [-0.39, 0.29) is 5.91 Å². The van der Waals surface area contributed by atoms with E-state index in [1.54, 1.807) is 0 Å². The van der Waals surface area contributed by atoms with Gasteiger partial charge in [0, 0.05) is 12.0 Å². The molecule has 2 aromatic rings. The number of nitrogens with one attached hydrogen (secondary N) is 2. The lowest BCUT2D eigenvalue weighted by atomic mass is 10.1. The van der Waals surface area contributed by atoms with E-state index < -0.39 is 6.09 Å². The normalized spacial score (nSPS) is 10.2. The molecule has 0 fully saturated rings. The van der Waals surface area contributed by atoms with Gasteiger partial charge in [-0.25, -0.2) is 9.78 Å². The number of carbonyl (C=O) groups excluding carboxylic acids is 2. The fourth-order valence-electron chi connectivity index (χ4n) is 1.91. The molecule has 122 valence electrons. The number of methoxy groups -OCH3 is 1. The first-order chi connectivity index (χ1) is 11.1. The van der Waals surface area contributed by atoms with Gasteiger partial charge in [0.25, 0.3) is 0 Å². The molecule has 23 heavy (non-hydrogen) atoms. The molecule has 2 N–H and O–H groups in total. The number of unbranched alkanes of at least 4 members (excludes halogenated alkanes) is 1. The molecule has 0 unspecified atom stereocenters. The Kier molecular flexibility index (Phi) is 6.10. The van der Waals surface area contributed by atoms with Crippen molar-refractivity contribution < 1.29 is 14.3 Å². The Morgan fingerprint density at radius 3 is 2.61 bits per heavy atom. The predicted octanol–water partition coefficient (Wildman–Crippen LogP) is 4.12. The molecule has 6 nitrogen and oxygen atoms in total. The number of amides is 2. The predicted molar refractivity (Wildman–Crippen MR) is 91.7 cm³/mol. The summed E-state index contributed by atoms with van der Waals surface area (Å²) in [5.41, 5.74) is 1.50. The fraction of sp³-hybridized carbons (Fsp3) is 0.312. The molecular formula is C16H19N3O3S. The molecule has 1 aromatic carbocycles. The second-order valence-corrected chi connectivity index (χ2v) is 5.83. The van der Waals surface area contributed by atoms with Gasteiger partial charge in [-0.1, -0.05) is 55.0 Å². The molecule has 0 radical (unpaired) electrons. The highest BCUT2D eigenvalue weighted by Crippen LogP contribution is 2.36. The van der Waals surface area contributed by atoms with E-state index in [1.807, 2.05) is 37.3 Å². The molecular weight excluding hydrogens is 314 g/mol. The number of hydrogen-bond acceptors (Lipinski definition) is 5. The van der Waals surface area contributed by atoms with Crippen LogP contribution >= 0.6 is 11.3 Å². The van der Waals surface area contributed by atoms with Gasteiger partial charge in [0.05, 0.1) is 7.11 Å². The number of benzene rings is 1. The lowest BCUT2D eigenvalue weighted by molar-refractivity contribution is -0.116. The van der Waals surface area contributed by atoms with Crippen LogP contribution in [0.4, 0.5) is 14.9 Å². The third-order valence-electron chi connectivity index (χ3n) is 3.08. The van der Waals surface area contributed by atoms with E-state index >= 15 is 0 Å². The van der Waals surface area contributed by atoms with Crippen LogP contribution in [-0.2, 0) is 9.53 Å². The molecule has 0 saturated heterocycles. The first-order valence-corrected chi connectivity index (χ1v) is 8.16. The third-order valence-corrected chi connectivity index (χ3v) is 3.97. The van der Waals surface area contributed by atoms with Crippen LogP contribution in [0, 0.1) is 0 Å². The van der Waals surface area contributed by atoms with Crippen LogP contribution < -0.4 is 10.6 Å². The van der Waals surface area contributed by atoms with Crippen LogP contribution in [0.2, 0.25) is 0 Å². The summed E-state index contributed by atoms with van der Waals surface area (Å²) in [4.78, 5) is 27.7. The van der Waals surface area contributed by atoms with Crippen molar-refractivity contribution in [2.75, 3.05) is 17.7 Å². The summed E-state index contributed by atoms with van der Waals surface area (Å²) in [7, 11) is 1.29. The molecule has 0 saturated carbocycles. The quantitative estimate of drug-likeness (QED) is 0.833. The Labute approximate surface area is 138 Å². The number of anilines is 2. The molecule has 0 aliphatic rings. The zero-order valence-electron chi connectivity index (χ0n) is 13.1. The smallest absolute Gasteiger partial charge is 0.413 e. The van der Waals surface area contributed by atoms with E-state index in [4.69, 9.17) is 0 Å². The van der Waals surface area contributed by atoms with Crippen LogP contribution in [0.15, 0.2) is 30.3 Å². The second kappa shape index (κ2) is 8.28. The molecule has 1 heterocycles. The van der Waals surface area contributed by atoms with Crippen LogP contribution in [0.5, 0.6) is 0 Å². The standard InChI is InChI=1S/C16H19N3O3S/c1-3-4-10-12(20)17-14-13(11-8-6-5-7-9-11)18-15(23-14)19-16(21)22-2/h5-9H,3-4,10H2,1-2H3,(H,17,20)(H,18,19,21). The van der Waals surface area contributed by atoms with Crippen molar-refractivity contribution in [3.8, 4) is 11.3 Å². The number of carbonyl (C=O) groups is 2. The minimum absolute atomic E-state index is 0.0581. The minimum atomic E-state index is -0.595. The van der Waals surface area contributed by atoms with Crippen LogP contribution in [-0.4, -0.2) is 24.1 Å². The monoisotopic (exact) mass is 333 g/mol. The summed E-state index contributed by atoms with van der Waals surface area (Å²) in [5.74, 6) is -0.0581. The SMILES string of the molecule is CCCCC(=O)Nc1sc(NC(=O)OC)nc1-c1ccccc1. The first kappa shape index (κ1) is 17.0. The molecule has 1 aromatic heterocycles. The average Bonchev–Trinajstić information content (AvgIpc) is 2.95. The van der Waals surface area contributed by atoms with Crippen LogP contribution in [0.25, 0.3) is 11.3 Å². The Morgan fingerprint density at radius 1 is 1.22 bits per heavy atom. The second-order valence-electron chi connectivity index (χ2n) is 4.83. The summed E-state index contributed by atoms with van der Waals surface area (Å²) in [6.07, 6.45) is 1.65. The van der Waals surface area contributed by atoms with Gasteiger partial charge in [0.15, 0.2) is 5.13 Å². The summed E-state index contributed by atoms with van der Waals surface area (Å²) in [5, 5.41) is 6.40. The van der Waals surface area contributed by atoms with Crippen molar-refractivity contribution in [1.82, 2.24) is 4.98 Å². The first-order valence-electron chi connectivity index (χ1n) is 7.35. The van der Waals surface area contributed by atoms with E-state index in [0.717, 1.165) is 18.4 Å². The largest absolute Gasteiger partial charge is 0.453 e. The number of nitrogens with zero attached hydrogens (tertiary/aromatic N) is 1. The highest BCUT2D eigenvalue weighted by atomic mass is 32.1. The topological polar surface area (TPSA) is 80.3 Å². The maximum absolute atomic E-state index is 12.0. The summed E-state index contributed by atoms with van der Waals surface area (Å²) >= 11 is 1.20. The van der Waals surface area contributed by atoms with Crippen molar-refractivity contribution in [2.45, 2.75) is 26.2 Å². The Balaban J connectivity index is 2.26. The lowest BCUT2D eigenvalue weighted by Gasteiger charge is -2.04. The Hall–Kier alpha value is -2.41. The number of hydrogen-bond donors (Lipinski definition) is 2. The average molecular weight is 333 g/mol. The Morgan fingerprint density at radius 2 is 1.96 bits per heavy atom. The van der Waals surface area contributed by atoms with Gasteiger partial charge in [-0.15, -0.1) is 0 Å². The molecule has 7 heteroatoms. The van der Waals surface area contributed by atoms with Gasteiger partial charge in [-0.3, -0.25) is 10.1 Å². The molecule has 0 spiro atoms. The highest BCUT2D eigenvalue weighted by molar-refractivity contribution is 7.20. The number of rotatable bonds is 6.